The molecular formula is C14H17FN2O4. The van der Waals surface area contributed by atoms with Crippen LogP contribution in [0.3, 0.4) is 0 Å². The number of nitrogens with one attached hydrogen (secondary N) is 1. The van der Waals surface area contributed by atoms with Gasteiger partial charge < -0.3 is 14.8 Å². The molecule has 1 aliphatic carbocycles. The second-order valence-corrected chi connectivity index (χ2v) is 5.45. The van der Waals surface area contributed by atoms with Crippen LogP contribution in [-0.4, -0.2) is 30.0 Å². The van der Waals surface area contributed by atoms with E-state index >= 15 is 0 Å². The van der Waals surface area contributed by atoms with Gasteiger partial charge in [-0.3, -0.25) is 10.1 Å². The molecule has 114 valence electrons. The minimum Gasteiger partial charge on any atom is -0.380 e. The van der Waals surface area contributed by atoms with Gasteiger partial charge in [0.05, 0.1) is 29.9 Å². The normalized spacial score (nSPS) is 21.6. The highest BCUT2D eigenvalue weighted by molar-refractivity contribution is 5.50. The molecule has 21 heavy (non-hydrogen) atoms. The Hall–Kier alpha value is -1.73. The van der Waals surface area contributed by atoms with Gasteiger partial charge in [-0.15, -0.1) is 0 Å². The average molecular weight is 296 g/mol. The van der Waals surface area contributed by atoms with Gasteiger partial charge in [0.1, 0.15) is 0 Å². The fraction of sp³-hybridized carbons (Fsp3) is 0.571. The summed E-state index contributed by atoms with van der Waals surface area (Å²) < 4.78 is 25.1. The third kappa shape index (κ3) is 2.98. The van der Waals surface area contributed by atoms with Crippen LogP contribution in [0.15, 0.2) is 18.2 Å². The summed E-state index contributed by atoms with van der Waals surface area (Å²) in [5, 5.41) is 13.7. The van der Waals surface area contributed by atoms with Crippen molar-refractivity contribution < 1.29 is 18.8 Å². The first-order valence-electron chi connectivity index (χ1n) is 7.06. The molecule has 0 unspecified atom stereocenters. The molecule has 0 bridgehead atoms. The van der Waals surface area contributed by atoms with Crippen LogP contribution in [0.4, 0.5) is 15.8 Å². The molecule has 2 aliphatic rings. The molecule has 7 heteroatoms. The summed E-state index contributed by atoms with van der Waals surface area (Å²) in [5.74, 6) is -1.04. The lowest BCUT2D eigenvalue weighted by Gasteiger charge is -2.36. The summed E-state index contributed by atoms with van der Waals surface area (Å²) in [6.07, 6.45) is 3.19. The molecule has 1 saturated heterocycles. The first-order chi connectivity index (χ1) is 10.1. The number of hydrogen-bond donors (Lipinski definition) is 1. The highest BCUT2D eigenvalue weighted by atomic mass is 19.1. The zero-order valence-electron chi connectivity index (χ0n) is 11.5. The predicted molar refractivity (Wildman–Crippen MR) is 73.6 cm³/mol. The Balaban J connectivity index is 1.61. The Kier molecular flexibility index (Phi) is 3.77. The summed E-state index contributed by atoms with van der Waals surface area (Å²) >= 11 is 0. The smallest absolute Gasteiger partial charge is 0.272 e. The van der Waals surface area contributed by atoms with E-state index in [-0.39, 0.29) is 11.7 Å². The van der Waals surface area contributed by atoms with Gasteiger partial charge in [-0.2, -0.15) is 0 Å². The van der Waals surface area contributed by atoms with E-state index in [1.807, 2.05) is 0 Å². The van der Waals surface area contributed by atoms with Crippen molar-refractivity contribution in [1.29, 1.82) is 0 Å². The molecule has 1 aromatic rings. The van der Waals surface area contributed by atoms with Gasteiger partial charge in [0.15, 0.2) is 11.6 Å². The maximum atomic E-state index is 13.8. The second kappa shape index (κ2) is 5.57. The molecule has 1 saturated carbocycles. The van der Waals surface area contributed by atoms with Crippen LogP contribution in [0.25, 0.3) is 0 Å². The number of rotatable bonds is 3. The monoisotopic (exact) mass is 296 g/mol. The average Bonchev–Trinajstić information content (AvgIpc) is 2.92. The van der Waals surface area contributed by atoms with E-state index in [0.717, 1.165) is 31.7 Å². The van der Waals surface area contributed by atoms with Gasteiger partial charge in [-0.1, -0.05) is 0 Å². The number of nitrogens with zero attached hydrogens (tertiary/aromatic N) is 1. The first kappa shape index (κ1) is 14.2. The number of non-ortho nitro benzene ring substituents is 1. The number of benzene rings is 1. The largest absolute Gasteiger partial charge is 0.380 e. The van der Waals surface area contributed by atoms with Gasteiger partial charge in [0.25, 0.3) is 5.69 Å². The summed E-state index contributed by atoms with van der Waals surface area (Å²) in [5.41, 5.74) is 0.0585. The lowest BCUT2D eigenvalue weighted by Crippen LogP contribution is -2.39. The Morgan fingerprint density at radius 3 is 2.52 bits per heavy atom. The van der Waals surface area contributed by atoms with Gasteiger partial charge in [0.2, 0.25) is 0 Å². The van der Waals surface area contributed by atoms with Crippen molar-refractivity contribution in [2.24, 2.45) is 0 Å². The SMILES string of the molecule is O=[N+]([O-])c1ccc(NC2CCC3(CC2)OCCO3)c(F)c1. The molecule has 1 aliphatic heterocycles. The molecule has 0 atom stereocenters. The molecule has 0 radical (unpaired) electrons. The summed E-state index contributed by atoms with van der Waals surface area (Å²) in [6.45, 7) is 1.27. The van der Waals surface area contributed by atoms with Gasteiger partial charge in [-0.25, -0.2) is 4.39 Å². The van der Waals surface area contributed by atoms with Crippen molar-refractivity contribution in [3.63, 3.8) is 0 Å². The molecule has 1 heterocycles. The third-order valence-corrected chi connectivity index (χ3v) is 4.08. The lowest BCUT2D eigenvalue weighted by atomic mass is 9.90. The number of ether oxygens (including phenoxy) is 2. The Morgan fingerprint density at radius 2 is 1.95 bits per heavy atom. The number of halogens is 1. The number of nitro groups is 1. The second-order valence-electron chi connectivity index (χ2n) is 5.45. The molecular weight excluding hydrogens is 279 g/mol. The molecule has 1 spiro atoms. The first-order valence-corrected chi connectivity index (χ1v) is 7.06. The number of anilines is 1. The standard InChI is InChI=1S/C14H17FN2O4/c15-12-9-11(17(18)19)1-2-13(12)16-10-3-5-14(6-4-10)20-7-8-21-14/h1-2,9-10,16H,3-8H2. The fourth-order valence-electron chi connectivity index (χ4n) is 2.94. The Bertz CT molecular complexity index is 536. The molecule has 1 aromatic carbocycles. The van der Waals surface area contributed by atoms with Gasteiger partial charge in [-0.05, 0) is 18.9 Å². The van der Waals surface area contributed by atoms with E-state index < -0.39 is 16.5 Å². The molecule has 0 aromatic heterocycles. The molecule has 0 amide bonds. The summed E-state index contributed by atoms with van der Waals surface area (Å²) in [4.78, 5) is 9.98. The maximum absolute atomic E-state index is 13.8. The summed E-state index contributed by atoms with van der Waals surface area (Å²) in [7, 11) is 0. The molecule has 3 rings (SSSR count). The number of hydrogen-bond acceptors (Lipinski definition) is 5. The van der Waals surface area contributed by atoms with Crippen molar-refractivity contribution >= 4 is 11.4 Å². The maximum Gasteiger partial charge on any atom is 0.272 e. The van der Waals surface area contributed by atoms with Crippen LogP contribution < -0.4 is 5.32 Å². The Labute approximate surface area is 121 Å². The number of nitro benzene ring substituents is 1. The zero-order chi connectivity index (χ0) is 14.9. The van der Waals surface area contributed by atoms with Crippen LogP contribution in [-0.2, 0) is 9.47 Å². The van der Waals surface area contributed by atoms with Crippen molar-refractivity contribution in [2.45, 2.75) is 37.5 Å². The minimum absolute atomic E-state index is 0.124. The van der Waals surface area contributed by atoms with Crippen molar-refractivity contribution in [3.8, 4) is 0 Å². The molecule has 6 nitrogen and oxygen atoms in total. The van der Waals surface area contributed by atoms with Crippen LogP contribution in [0.2, 0.25) is 0 Å². The lowest BCUT2D eigenvalue weighted by molar-refractivity contribution is -0.385. The predicted octanol–water partition coefficient (Wildman–Crippen LogP) is 2.83. The van der Waals surface area contributed by atoms with E-state index in [4.69, 9.17) is 9.47 Å². The highest BCUT2D eigenvalue weighted by Crippen LogP contribution is 2.37. The summed E-state index contributed by atoms with van der Waals surface area (Å²) in [6, 6.07) is 3.79. The van der Waals surface area contributed by atoms with Crippen molar-refractivity contribution in [2.75, 3.05) is 18.5 Å². The van der Waals surface area contributed by atoms with Crippen LogP contribution >= 0.6 is 0 Å². The highest BCUT2D eigenvalue weighted by Gasteiger charge is 2.40. The Morgan fingerprint density at radius 1 is 1.29 bits per heavy atom. The van der Waals surface area contributed by atoms with Crippen LogP contribution in [0, 0.1) is 15.9 Å². The van der Waals surface area contributed by atoms with Crippen LogP contribution in [0.5, 0.6) is 0 Å². The topological polar surface area (TPSA) is 73.6 Å². The van der Waals surface area contributed by atoms with Crippen LogP contribution in [0.1, 0.15) is 25.7 Å². The minimum atomic E-state index is -0.605. The van der Waals surface area contributed by atoms with E-state index in [1.165, 1.54) is 12.1 Å². The van der Waals surface area contributed by atoms with E-state index in [0.29, 0.717) is 18.9 Å². The van der Waals surface area contributed by atoms with Crippen molar-refractivity contribution in [1.82, 2.24) is 0 Å². The fourth-order valence-corrected chi connectivity index (χ4v) is 2.94. The van der Waals surface area contributed by atoms with E-state index in [1.54, 1.807) is 0 Å². The zero-order valence-corrected chi connectivity index (χ0v) is 11.5. The van der Waals surface area contributed by atoms with Gasteiger partial charge >= 0.3 is 0 Å². The van der Waals surface area contributed by atoms with Crippen molar-refractivity contribution in [3.05, 3.63) is 34.1 Å². The molecule has 2 fully saturated rings. The quantitative estimate of drug-likeness (QED) is 0.686. The molecule has 1 N–H and O–H groups in total. The van der Waals surface area contributed by atoms with Gasteiger partial charge in [0, 0.05) is 24.9 Å². The third-order valence-electron chi connectivity index (χ3n) is 4.08. The van der Waals surface area contributed by atoms with E-state index in [2.05, 4.69) is 5.32 Å². The van der Waals surface area contributed by atoms with E-state index in [9.17, 15) is 14.5 Å².